The lowest BCUT2D eigenvalue weighted by Crippen LogP contribution is -2.45. The molecule has 1 aliphatic rings. The number of carbonyl (C=O) groups is 1. The Bertz CT molecular complexity index is 552. The minimum Gasteiger partial charge on any atom is -0.497 e. The number of amides is 1. The van der Waals surface area contributed by atoms with E-state index in [0.29, 0.717) is 6.54 Å². The minimum absolute atomic E-state index is 0.0666. The fourth-order valence-corrected chi connectivity index (χ4v) is 3.10. The summed E-state index contributed by atoms with van der Waals surface area (Å²) in [7, 11) is 3.32. The van der Waals surface area contributed by atoms with Crippen LogP contribution in [0.2, 0.25) is 0 Å². The normalized spacial score (nSPS) is 18.7. The Morgan fingerprint density at radius 2 is 2.04 bits per heavy atom. The second-order valence-corrected chi connectivity index (χ2v) is 7.03. The van der Waals surface area contributed by atoms with Gasteiger partial charge in [0.25, 0.3) is 0 Å². The van der Waals surface area contributed by atoms with E-state index in [0.717, 1.165) is 36.4 Å². The first-order valence-electron chi connectivity index (χ1n) is 8.11. The maximum absolute atomic E-state index is 12.2. The Hall–Kier alpha value is -1.75. The van der Waals surface area contributed by atoms with Gasteiger partial charge >= 0.3 is 0 Å². The average molecular weight is 320 g/mol. The molecular weight excluding hydrogens is 292 g/mol. The molecule has 0 bridgehead atoms. The summed E-state index contributed by atoms with van der Waals surface area (Å²) in [6, 6.07) is 6.11. The van der Waals surface area contributed by atoms with Gasteiger partial charge in [-0.1, -0.05) is 6.07 Å². The summed E-state index contributed by atoms with van der Waals surface area (Å²) in [5.41, 5.74) is 0.916. The highest BCUT2D eigenvalue weighted by Gasteiger charge is 2.30. The van der Waals surface area contributed by atoms with Crippen molar-refractivity contribution in [2.24, 2.45) is 0 Å². The van der Waals surface area contributed by atoms with Crippen molar-refractivity contribution >= 4 is 5.91 Å². The molecule has 5 nitrogen and oxygen atoms in total. The summed E-state index contributed by atoms with van der Waals surface area (Å²) in [4.78, 5) is 14.5. The number of hydrogen-bond acceptors (Lipinski definition) is 4. The molecule has 1 N–H and O–H groups in total. The van der Waals surface area contributed by atoms with Gasteiger partial charge in [-0.15, -0.1) is 0 Å². The van der Waals surface area contributed by atoms with Gasteiger partial charge in [0.1, 0.15) is 11.5 Å². The van der Waals surface area contributed by atoms with Gasteiger partial charge in [0, 0.05) is 23.2 Å². The van der Waals surface area contributed by atoms with Crippen LogP contribution in [-0.2, 0) is 4.79 Å². The summed E-state index contributed by atoms with van der Waals surface area (Å²) >= 11 is 0. The molecule has 0 radical (unpaired) electrons. The molecule has 128 valence electrons. The second kappa shape index (κ2) is 7.21. The molecule has 1 aromatic rings. The van der Waals surface area contributed by atoms with Gasteiger partial charge in [-0.05, 0) is 46.2 Å². The Balaban J connectivity index is 2.14. The van der Waals surface area contributed by atoms with E-state index in [1.807, 2.05) is 39.0 Å². The number of hydrogen-bond donors (Lipinski definition) is 1. The average Bonchev–Trinajstić information content (AvgIpc) is 2.92. The van der Waals surface area contributed by atoms with Crippen molar-refractivity contribution in [3.63, 3.8) is 0 Å². The maximum Gasteiger partial charge on any atom is 0.234 e. The molecule has 0 saturated carbocycles. The Kier molecular flexibility index (Phi) is 5.52. The zero-order valence-corrected chi connectivity index (χ0v) is 14.8. The van der Waals surface area contributed by atoms with Gasteiger partial charge < -0.3 is 14.8 Å². The van der Waals surface area contributed by atoms with Gasteiger partial charge in [-0.3, -0.25) is 9.69 Å². The molecule has 1 aromatic carbocycles. The molecule has 1 amide bonds. The predicted octanol–water partition coefficient (Wildman–Crippen LogP) is 2.76. The Morgan fingerprint density at radius 3 is 2.65 bits per heavy atom. The fraction of sp³-hybridized carbons (Fsp3) is 0.611. The first-order chi connectivity index (χ1) is 10.8. The molecule has 0 unspecified atom stereocenters. The van der Waals surface area contributed by atoms with Crippen LogP contribution < -0.4 is 14.8 Å². The first-order valence-corrected chi connectivity index (χ1v) is 8.11. The van der Waals surface area contributed by atoms with Crippen LogP contribution >= 0.6 is 0 Å². The van der Waals surface area contributed by atoms with E-state index in [9.17, 15) is 4.79 Å². The largest absolute Gasteiger partial charge is 0.497 e. The SMILES string of the molecule is COc1ccc([C@@H]2CCCN2CC(=O)NC(C)(C)C)c(OC)c1. The lowest BCUT2D eigenvalue weighted by atomic mass is 10.0. The van der Waals surface area contributed by atoms with E-state index in [1.165, 1.54) is 0 Å². The third kappa shape index (κ3) is 4.61. The van der Waals surface area contributed by atoms with E-state index in [-0.39, 0.29) is 17.5 Å². The third-order valence-corrected chi connectivity index (χ3v) is 4.02. The Labute approximate surface area is 139 Å². The van der Waals surface area contributed by atoms with Crippen molar-refractivity contribution in [3.05, 3.63) is 23.8 Å². The third-order valence-electron chi connectivity index (χ3n) is 4.02. The van der Waals surface area contributed by atoms with Crippen LogP contribution in [-0.4, -0.2) is 43.7 Å². The van der Waals surface area contributed by atoms with Crippen molar-refractivity contribution in [3.8, 4) is 11.5 Å². The molecule has 0 spiro atoms. The number of nitrogens with one attached hydrogen (secondary N) is 1. The summed E-state index contributed by atoms with van der Waals surface area (Å²) < 4.78 is 10.8. The number of ether oxygens (including phenoxy) is 2. The van der Waals surface area contributed by atoms with Crippen LogP contribution in [0.4, 0.5) is 0 Å². The minimum atomic E-state index is -0.204. The zero-order chi connectivity index (χ0) is 17.0. The molecular formula is C18H28N2O3. The molecule has 1 atom stereocenters. The van der Waals surface area contributed by atoms with Gasteiger partial charge in [0.05, 0.1) is 20.8 Å². The lowest BCUT2D eigenvalue weighted by molar-refractivity contribution is -0.123. The van der Waals surface area contributed by atoms with Crippen molar-refractivity contribution in [2.45, 2.75) is 45.2 Å². The summed E-state index contributed by atoms with van der Waals surface area (Å²) in [6.45, 7) is 7.34. The second-order valence-electron chi connectivity index (χ2n) is 7.03. The van der Waals surface area contributed by atoms with E-state index in [4.69, 9.17) is 9.47 Å². The molecule has 2 rings (SSSR count). The van der Waals surface area contributed by atoms with Crippen molar-refractivity contribution in [2.75, 3.05) is 27.3 Å². The molecule has 1 heterocycles. The smallest absolute Gasteiger partial charge is 0.234 e. The molecule has 1 aliphatic heterocycles. The number of nitrogens with zero attached hydrogens (tertiary/aromatic N) is 1. The highest BCUT2D eigenvalue weighted by atomic mass is 16.5. The molecule has 1 fully saturated rings. The summed E-state index contributed by atoms with van der Waals surface area (Å²) in [5, 5.41) is 3.03. The molecule has 23 heavy (non-hydrogen) atoms. The van der Waals surface area contributed by atoms with Gasteiger partial charge in [-0.2, -0.15) is 0 Å². The summed E-state index contributed by atoms with van der Waals surface area (Å²) in [5.74, 6) is 1.66. The quantitative estimate of drug-likeness (QED) is 0.906. The zero-order valence-electron chi connectivity index (χ0n) is 14.8. The first kappa shape index (κ1) is 17.6. The number of benzene rings is 1. The fourth-order valence-electron chi connectivity index (χ4n) is 3.10. The number of methoxy groups -OCH3 is 2. The Morgan fingerprint density at radius 1 is 1.30 bits per heavy atom. The summed E-state index contributed by atoms with van der Waals surface area (Å²) in [6.07, 6.45) is 2.12. The van der Waals surface area contributed by atoms with E-state index < -0.39 is 0 Å². The van der Waals surface area contributed by atoms with E-state index in [2.05, 4.69) is 10.2 Å². The van der Waals surface area contributed by atoms with Crippen LogP contribution in [0.25, 0.3) is 0 Å². The van der Waals surface area contributed by atoms with Crippen molar-refractivity contribution < 1.29 is 14.3 Å². The highest BCUT2D eigenvalue weighted by molar-refractivity contribution is 5.78. The highest BCUT2D eigenvalue weighted by Crippen LogP contribution is 2.38. The van der Waals surface area contributed by atoms with Gasteiger partial charge in [0.15, 0.2) is 0 Å². The standard InChI is InChI=1S/C18H28N2O3/c1-18(2,3)19-17(21)12-20-10-6-7-15(20)14-9-8-13(22-4)11-16(14)23-5/h8-9,11,15H,6-7,10,12H2,1-5H3,(H,19,21)/t15-/m0/s1. The van der Waals surface area contributed by atoms with Crippen LogP contribution in [0.15, 0.2) is 18.2 Å². The van der Waals surface area contributed by atoms with E-state index in [1.54, 1.807) is 14.2 Å². The van der Waals surface area contributed by atoms with Crippen molar-refractivity contribution in [1.29, 1.82) is 0 Å². The van der Waals surface area contributed by atoms with Crippen LogP contribution in [0, 0.1) is 0 Å². The molecule has 5 heteroatoms. The van der Waals surface area contributed by atoms with Crippen molar-refractivity contribution in [1.82, 2.24) is 10.2 Å². The topological polar surface area (TPSA) is 50.8 Å². The molecule has 1 saturated heterocycles. The van der Waals surface area contributed by atoms with Crippen LogP contribution in [0.3, 0.4) is 0 Å². The van der Waals surface area contributed by atoms with E-state index >= 15 is 0 Å². The monoisotopic (exact) mass is 320 g/mol. The number of rotatable bonds is 5. The number of carbonyl (C=O) groups excluding carboxylic acids is 1. The molecule has 0 aliphatic carbocycles. The van der Waals surface area contributed by atoms with Crippen LogP contribution in [0.5, 0.6) is 11.5 Å². The van der Waals surface area contributed by atoms with Gasteiger partial charge in [-0.25, -0.2) is 0 Å². The molecule has 0 aromatic heterocycles. The number of likely N-dealkylation sites (tertiary alicyclic amines) is 1. The van der Waals surface area contributed by atoms with Gasteiger partial charge in [0.2, 0.25) is 5.91 Å². The maximum atomic E-state index is 12.2. The lowest BCUT2D eigenvalue weighted by Gasteiger charge is -2.28. The van der Waals surface area contributed by atoms with Crippen LogP contribution in [0.1, 0.15) is 45.2 Å². The predicted molar refractivity (Wildman–Crippen MR) is 91.0 cm³/mol.